The summed E-state index contributed by atoms with van der Waals surface area (Å²) in [4.78, 5) is 14.0. The Morgan fingerprint density at radius 3 is 2.11 bits per heavy atom. The molecule has 7 rings (SSSR count). The van der Waals surface area contributed by atoms with Gasteiger partial charge >= 0.3 is 5.97 Å². The maximum absolute atomic E-state index is 14.0. The molecule has 306 valence electrons. The number of ether oxygens (including phenoxy) is 4. The summed E-state index contributed by atoms with van der Waals surface area (Å²) in [5.41, 5.74) is 1.41. The third-order valence-electron chi connectivity index (χ3n) is 16.7. The highest BCUT2D eigenvalue weighted by atomic mass is 16.7. The van der Waals surface area contributed by atoms with Crippen molar-refractivity contribution in [3.05, 3.63) is 23.8 Å². The highest BCUT2D eigenvalue weighted by Gasteiger charge is 2.68. The molecule has 4 saturated carbocycles. The van der Waals surface area contributed by atoms with Gasteiger partial charge in [0.1, 0.15) is 42.7 Å². The van der Waals surface area contributed by atoms with Crippen molar-refractivity contribution >= 4 is 5.97 Å². The molecule has 0 amide bonds. The van der Waals surface area contributed by atoms with Crippen LogP contribution in [0.3, 0.4) is 0 Å². The fourth-order valence-electron chi connectivity index (χ4n) is 13.2. The number of aliphatic hydroxyl groups is 8. The number of rotatable bonds is 7. The van der Waals surface area contributed by atoms with Crippen molar-refractivity contribution in [3.8, 4) is 0 Å². The van der Waals surface area contributed by atoms with Gasteiger partial charge in [0.25, 0.3) is 0 Å². The molecule has 8 N–H and O–H groups in total. The van der Waals surface area contributed by atoms with Crippen LogP contribution in [0.15, 0.2) is 23.8 Å². The number of hydrogen-bond acceptors (Lipinski definition) is 13. The Morgan fingerprint density at radius 1 is 0.833 bits per heavy atom. The molecule has 0 aromatic carbocycles. The SMILES string of the molecule is C=C1C(C)CC(C(=O)OC2OC(CO)C(O)C(O)C2O)C2CCC3(C)C(=CCC4C5(C)CCC(OC6OC(CO)C(O)C6O)C(C)(CO)C5CCC43C)C12. The quantitative estimate of drug-likeness (QED) is 0.137. The van der Waals surface area contributed by atoms with E-state index >= 15 is 0 Å². The molecule has 2 saturated heterocycles. The first-order valence-corrected chi connectivity index (χ1v) is 20.2. The van der Waals surface area contributed by atoms with Crippen molar-refractivity contribution < 1.29 is 64.6 Å². The summed E-state index contributed by atoms with van der Waals surface area (Å²) in [6.45, 7) is 14.9. The lowest BCUT2D eigenvalue weighted by Gasteiger charge is -2.71. The van der Waals surface area contributed by atoms with E-state index in [0.29, 0.717) is 18.8 Å². The second-order valence-electron chi connectivity index (χ2n) is 19.0. The van der Waals surface area contributed by atoms with Crippen LogP contribution in [0.2, 0.25) is 0 Å². The van der Waals surface area contributed by atoms with E-state index in [-0.39, 0.29) is 46.5 Å². The van der Waals surface area contributed by atoms with Crippen molar-refractivity contribution in [1.29, 1.82) is 0 Å². The summed E-state index contributed by atoms with van der Waals surface area (Å²) < 4.78 is 23.4. The summed E-state index contributed by atoms with van der Waals surface area (Å²) in [6, 6.07) is 0. The Kier molecular flexibility index (Phi) is 10.9. The molecule has 7 aliphatic rings. The van der Waals surface area contributed by atoms with Gasteiger partial charge in [0.15, 0.2) is 6.29 Å². The van der Waals surface area contributed by atoms with E-state index in [2.05, 4.69) is 47.3 Å². The molecule has 0 aromatic heterocycles. The average molecular weight is 765 g/mol. The molecule has 2 heterocycles. The van der Waals surface area contributed by atoms with Crippen molar-refractivity contribution in [2.24, 2.45) is 57.2 Å². The zero-order valence-corrected chi connectivity index (χ0v) is 32.4. The van der Waals surface area contributed by atoms with Crippen LogP contribution in [0.4, 0.5) is 0 Å². The van der Waals surface area contributed by atoms with Gasteiger partial charge in [-0.25, -0.2) is 0 Å². The molecular weight excluding hydrogens is 700 g/mol. The highest BCUT2D eigenvalue weighted by Crippen LogP contribution is 2.75. The predicted molar refractivity (Wildman–Crippen MR) is 193 cm³/mol. The summed E-state index contributed by atoms with van der Waals surface area (Å²) in [6.07, 6.45) is -3.76. The van der Waals surface area contributed by atoms with Gasteiger partial charge in [-0.2, -0.15) is 0 Å². The first kappa shape index (κ1) is 40.7. The first-order valence-electron chi connectivity index (χ1n) is 20.2. The van der Waals surface area contributed by atoms with Gasteiger partial charge in [-0.05, 0) is 91.3 Å². The minimum Gasteiger partial charge on any atom is -0.432 e. The number of esters is 1. The van der Waals surface area contributed by atoms with Crippen LogP contribution >= 0.6 is 0 Å². The van der Waals surface area contributed by atoms with E-state index in [4.69, 9.17) is 18.9 Å². The average Bonchev–Trinajstić information content (AvgIpc) is 3.42. The molecule has 13 nitrogen and oxygen atoms in total. The highest BCUT2D eigenvalue weighted by molar-refractivity contribution is 5.74. The maximum Gasteiger partial charge on any atom is 0.311 e. The van der Waals surface area contributed by atoms with E-state index in [9.17, 15) is 45.6 Å². The minimum absolute atomic E-state index is 0.0253. The lowest BCUT2D eigenvalue weighted by atomic mass is 9.34. The number of fused-ring (bicyclic) bond motifs is 7. The number of aliphatic hydroxyl groups excluding tert-OH is 8. The second kappa shape index (κ2) is 14.4. The summed E-state index contributed by atoms with van der Waals surface area (Å²) in [7, 11) is 0. The van der Waals surface area contributed by atoms with Gasteiger partial charge in [0, 0.05) is 11.3 Å². The lowest BCUT2D eigenvalue weighted by Crippen LogP contribution is -2.65. The maximum atomic E-state index is 14.0. The second-order valence-corrected chi connectivity index (χ2v) is 19.0. The first-order chi connectivity index (χ1) is 25.4. The molecule has 6 fully saturated rings. The van der Waals surface area contributed by atoms with Gasteiger partial charge in [-0.1, -0.05) is 58.4 Å². The fraction of sp³-hybridized carbons (Fsp3) is 0.878. The molecule has 0 bridgehead atoms. The van der Waals surface area contributed by atoms with E-state index in [1.807, 2.05) is 0 Å². The van der Waals surface area contributed by atoms with Gasteiger partial charge in [-0.3, -0.25) is 4.79 Å². The summed E-state index contributed by atoms with van der Waals surface area (Å²) in [5.74, 6) is -0.682. The largest absolute Gasteiger partial charge is 0.432 e. The number of carbonyl (C=O) groups is 1. The van der Waals surface area contributed by atoms with E-state index in [0.717, 1.165) is 44.1 Å². The molecule has 0 aromatic rings. The molecule has 54 heavy (non-hydrogen) atoms. The van der Waals surface area contributed by atoms with E-state index < -0.39 is 91.9 Å². The van der Waals surface area contributed by atoms with Crippen LogP contribution < -0.4 is 0 Å². The Bertz CT molecular complexity index is 1470. The smallest absolute Gasteiger partial charge is 0.311 e. The lowest BCUT2D eigenvalue weighted by molar-refractivity contribution is -0.294. The zero-order valence-electron chi connectivity index (χ0n) is 32.4. The number of carbonyl (C=O) groups excluding carboxylic acids is 1. The zero-order chi connectivity index (χ0) is 39.3. The van der Waals surface area contributed by atoms with E-state index in [1.54, 1.807) is 0 Å². The van der Waals surface area contributed by atoms with Crippen LogP contribution in [-0.2, 0) is 23.7 Å². The monoisotopic (exact) mass is 764 g/mol. The Morgan fingerprint density at radius 2 is 1.46 bits per heavy atom. The Hall–Kier alpha value is -1.49. The topological polar surface area (TPSA) is 216 Å². The Labute approximate surface area is 318 Å². The van der Waals surface area contributed by atoms with Gasteiger partial charge in [0.2, 0.25) is 6.29 Å². The molecule has 0 spiro atoms. The van der Waals surface area contributed by atoms with Crippen LogP contribution in [-0.4, -0.2) is 128 Å². The van der Waals surface area contributed by atoms with Gasteiger partial charge in [-0.15, -0.1) is 0 Å². The minimum atomic E-state index is -1.66. The Balaban J connectivity index is 1.13. The molecule has 20 unspecified atom stereocenters. The van der Waals surface area contributed by atoms with Crippen molar-refractivity contribution in [2.75, 3.05) is 19.8 Å². The standard InChI is InChI=1S/C41H64O13/c1-19-15-22(35(50)54-37-34(49)32(47)30(45)24(16-42)52-37)21-9-13-40(5)23(29(21)20(19)2)7-8-27-38(3)12-11-28(53-36-33(48)31(46)25(17-43)51-36)39(4,18-44)26(38)10-14-41(27,40)6/h7,19,21-22,24-34,36-37,42-49H,2,8-18H2,1,3-6H3. The predicted octanol–water partition coefficient (Wildman–Crippen LogP) is 1.56. The third-order valence-corrected chi connectivity index (χ3v) is 16.7. The van der Waals surface area contributed by atoms with Crippen LogP contribution in [0.5, 0.6) is 0 Å². The van der Waals surface area contributed by atoms with Crippen LogP contribution in [0.1, 0.15) is 86.0 Å². The molecule has 0 radical (unpaired) electrons. The van der Waals surface area contributed by atoms with Crippen LogP contribution in [0.25, 0.3) is 0 Å². The van der Waals surface area contributed by atoms with Gasteiger partial charge in [0.05, 0.1) is 31.8 Å². The summed E-state index contributed by atoms with van der Waals surface area (Å²) in [5, 5.41) is 82.6. The van der Waals surface area contributed by atoms with Gasteiger partial charge < -0.3 is 59.8 Å². The fourth-order valence-corrected chi connectivity index (χ4v) is 13.2. The molecule has 13 heteroatoms. The third kappa shape index (κ3) is 5.85. The molecule has 2 aliphatic heterocycles. The van der Waals surface area contributed by atoms with Crippen molar-refractivity contribution in [1.82, 2.24) is 0 Å². The van der Waals surface area contributed by atoms with Crippen molar-refractivity contribution in [2.45, 2.75) is 147 Å². The number of hydrogen-bond donors (Lipinski definition) is 8. The van der Waals surface area contributed by atoms with Crippen LogP contribution in [0, 0.1) is 57.2 Å². The summed E-state index contributed by atoms with van der Waals surface area (Å²) >= 11 is 0. The number of allylic oxidation sites excluding steroid dienone is 3. The molecular formula is C41H64O13. The molecule has 20 atom stereocenters. The van der Waals surface area contributed by atoms with E-state index in [1.165, 1.54) is 5.57 Å². The molecule has 5 aliphatic carbocycles. The van der Waals surface area contributed by atoms with Crippen molar-refractivity contribution in [3.63, 3.8) is 0 Å². The normalized spacial score (nSPS) is 54.5.